The van der Waals surface area contributed by atoms with Gasteiger partial charge in [-0.05, 0) is 36.7 Å². The second-order valence-electron chi connectivity index (χ2n) is 7.61. The van der Waals surface area contributed by atoms with Crippen LogP contribution in [0.5, 0.6) is 0 Å². The molecule has 0 fully saturated rings. The topological polar surface area (TPSA) is 47.9 Å². The lowest BCUT2D eigenvalue weighted by atomic mass is 9.84. The monoisotopic (exact) mass is 338 g/mol. The minimum absolute atomic E-state index is 0.0701. The molecule has 24 heavy (non-hydrogen) atoms. The standard InChI is InChI=1S/C20H34O4/c1-16(2)7-11-22-9-6-10-23-12-8-20(4,5)14-18-13-17(3)19(21)15-24-18/h13,15-16,21H,3,6-12,14H2,1-2,4-5H3. The molecule has 0 aliphatic carbocycles. The van der Waals surface area contributed by atoms with E-state index in [0.717, 1.165) is 57.9 Å². The van der Waals surface area contributed by atoms with Crippen LogP contribution >= 0.6 is 0 Å². The van der Waals surface area contributed by atoms with Crippen LogP contribution in [-0.2, 0) is 14.2 Å². The minimum atomic E-state index is 0.0701. The maximum absolute atomic E-state index is 9.46. The summed E-state index contributed by atoms with van der Waals surface area (Å²) in [5, 5.41) is 9.46. The zero-order valence-corrected chi connectivity index (χ0v) is 15.8. The van der Waals surface area contributed by atoms with Gasteiger partial charge in [-0.15, -0.1) is 0 Å². The SMILES string of the molecule is C=C1C=C(CC(C)(C)CCOCCCOCCC(C)C)OC=C1O. The Morgan fingerprint density at radius 1 is 1.17 bits per heavy atom. The first-order valence-corrected chi connectivity index (χ1v) is 8.91. The number of aliphatic hydroxyl groups excluding tert-OH is 1. The molecule has 0 radical (unpaired) electrons. The smallest absolute Gasteiger partial charge is 0.157 e. The van der Waals surface area contributed by atoms with Crippen LogP contribution in [0.1, 0.15) is 53.4 Å². The molecule has 1 heterocycles. The number of hydrogen-bond acceptors (Lipinski definition) is 4. The lowest BCUT2D eigenvalue weighted by molar-refractivity contribution is 0.0654. The summed E-state index contributed by atoms with van der Waals surface area (Å²) in [7, 11) is 0. The molecule has 1 rings (SSSR count). The summed E-state index contributed by atoms with van der Waals surface area (Å²) in [6.45, 7) is 15.7. The Morgan fingerprint density at radius 2 is 1.83 bits per heavy atom. The first kappa shape index (κ1) is 20.8. The summed E-state index contributed by atoms with van der Waals surface area (Å²) in [5.41, 5.74) is 0.668. The van der Waals surface area contributed by atoms with Gasteiger partial charge in [-0.25, -0.2) is 0 Å². The molecule has 0 aromatic carbocycles. The molecule has 0 aromatic rings. The minimum Gasteiger partial charge on any atom is -0.504 e. The van der Waals surface area contributed by atoms with Crippen molar-refractivity contribution >= 4 is 0 Å². The van der Waals surface area contributed by atoms with Crippen LogP contribution in [0.15, 0.2) is 36.0 Å². The fourth-order valence-corrected chi connectivity index (χ4v) is 2.30. The molecule has 0 unspecified atom stereocenters. The number of hydrogen-bond donors (Lipinski definition) is 1. The lowest BCUT2D eigenvalue weighted by Gasteiger charge is -2.26. The fraction of sp³-hybridized carbons (Fsp3) is 0.700. The Hall–Kier alpha value is -1.26. The van der Waals surface area contributed by atoms with E-state index in [4.69, 9.17) is 14.2 Å². The van der Waals surface area contributed by atoms with E-state index in [1.165, 1.54) is 6.26 Å². The number of ether oxygens (including phenoxy) is 3. The zero-order chi connectivity index (χ0) is 18.0. The molecule has 1 aliphatic rings. The van der Waals surface area contributed by atoms with Crippen molar-refractivity contribution in [1.29, 1.82) is 0 Å². The van der Waals surface area contributed by atoms with Crippen molar-refractivity contribution in [3.05, 3.63) is 36.0 Å². The van der Waals surface area contributed by atoms with Gasteiger partial charge in [0.05, 0.1) is 0 Å². The highest BCUT2D eigenvalue weighted by molar-refractivity contribution is 5.35. The van der Waals surface area contributed by atoms with Gasteiger partial charge in [0.25, 0.3) is 0 Å². The summed E-state index contributed by atoms with van der Waals surface area (Å²) in [4.78, 5) is 0. The summed E-state index contributed by atoms with van der Waals surface area (Å²) in [6, 6.07) is 0. The van der Waals surface area contributed by atoms with E-state index in [9.17, 15) is 5.11 Å². The number of aliphatic hydroxyl groups is 1. The maximum Gasteiger partial charge on any atom is 0.157 e. The van der Waals surface area contributed by atoms with Gasteiger partial charge >= 0.3 is 0 Å². The van der Waals surface area contributed by atoms with Gasteiger partial charge in [-0.3, -0.25) is 0 Å². The summed E-state index contributed by atoms with van der Waals surface area (Å²) >= 11 is 0. The van der Waals surface area contributed by atoms with Crippen LogP contribution in [0.2, 0.25) is 0 Å². The third kappa shape index (κ3) is 9.14. The van der Waals surface area contributed by atoms with E-state index in [1.807, 2.05) is 0 Å². The Labute approximate surface area is 147 Å². The first-order chi connectivity index (χ1) is 11.3. The Bertz CT molecular complexity index is 447. The largest absolute Gasteiger partial charge is 0.504 e. The van der Waals surface area contributed by atoms with Crippen molar-refractivity contribution in [3.63, 3.8) is 0 Å². The quantitative estimate of drug-likeness (QED) is 0.501. The third-order valence-corrected chi connectivity index (χ3v) is 3.98. The van der Waals surface area contributed by atoms with E-state index < -0.39 is 0 Å². The second-order valence-corrected chi connectivity index (χ2v) is 7.61. The average molecular weight is 338 g/mol. The summed E-state index contributed by atoms with van der Waals surface area (Å²) in [6.07, 6.45) is 6.95. The van der Waals surface area contributed by atoms with E-state index in [1.54, 1.807) is 6.08 Å². The Morgan fingerprint density at radius 3 is 2.46 bits per heavy atom. The number of rotatable bonds is 12. The highest BCUT2D eigenvalue weighted by atomic mass is 16.5. The summed E-state index contributed by atoms with van der Waals surface area (Å²) in [5.74, 6) is 1.63. The van der Waals surface area contributed by atoms with Crippen molar-refractivity contribution < 1.29 is 19.3 Å². The van der Waals surface area contributed by atoms with E-state index in [0.29, 0.717) is 11.5 Å². The molecular weight excluding hydrogens is 304 g/mol. The van der Waals surface area contributed by atoms with Crippen LogP contribution in [-0.4, -0.2) is 31.5 Å². The maximum atomic E-state index is 9.46. The zero-order valence-electron chi connectivity index (χ0n) is 15.8. The molecule has 1 aliphatic heterocycles. The molecular formula is C20H34O4. The molecule has 0 saturated carbocycles. The lowest BCUT2D eigenvalue weighted by Crippen LogP contribution is -2.17. The molecule has 4 nitrogen and oxygen atoms in total. The second kappa shape index (κ2) is 10.6. The average Bonchev–Trinajstić information content (AvgIpc) is 2.48. The third-order valence-electron chi connectivity index (χ3n) is 3.98. The molecule has 0 aromatic heterocycles. The highest BCUT2D eigenvalue weighted by Gasteiger charge is 2.22. The summed E-state index contributed by atoms with van der Waals surface area (Å²) < 4.78 is 16.7. The molecule has 0 amide bonds. The van der Waals surface area contributed by atoms with Crippen LogP contribution in [0, 0.1) is 11.3 Å². The van der Waals surface area contributed by atoms with Crippen molar-refractivity contribution in [2.75, 3.05) is 26.4 Å². The normalized spacial score (nSPS) is 15.3. The van der Waals surface area contributed by atoms with Gasteiger partial charge in [-0.2, -0.15) is 0 Å². The Balaban J connectivity index is 2.09. The van der Waals surface area contributed by atoms with Crippen molar-refractivity contribution in [2.24, 2.45) is 11.3 Å². The van der Waals surface area contributed by atoms with E-state index in [2.05, 4.69) is 34.3 Å². The molecule has 0 bridgehead atoms. The van der Waals surface area contributed by atoms with Crippen molar-refractivity contribution in [3.8, 4) is 0 Å². The molecule has 4 heteroatoms. The fourth-order valence-electron chi connectivity index (χ4n) is 2.30. The Kier molecular flexibility index (Phi) is 9.16. The predicted molar refractivity (Wildman–Crippen MR) is 97.7 cm³/mol. The van der Waals surface area contributed by atoms with E-state index in [-0.39, 0.29) is 11.2 Å². The highest BCUT2D eigenvalue weighted by Crippen LogP contribution is 2.32. The molecule has 138 valence electrons. The first-order valence-electron chi connectivity index (χ1n) is 8.91. The van der Waals surface area contributed by atoms with Gasteiger partial charge in [0, 0.05) is 38.4 Å². The van der Waals surface area contributed by atoms with E-state index >= 15 is 0 Å². The number of allylic oxidation sites excluding steroid dienone is 2. The predicted octanol–water partition coefficient (Wildman–Crippen LogP) is 5.13. The van der Waals surface area contributed by atoms with Crippen molar-refractivity contribution in [1.82, 2.24) is 0 Å². The molecule has 0 atom stereocenters. The van der Waals surface area contributed by atoms with Gasteiger partial charge in [0.15, 0.2) is 5.76 Å². The van der Waals surface area contributed by atoms with Crippen LogP contribution in [0.3, 0.4) is 0 Å². The van der Waals surface area contributed by atoms with Gasteiger partial charge in [0.2, 0.25) is 0 Å². The van der Waals surface area contributed by atoms with Crippen LogP contribution < -0.4 is 0 Å². The van der Waals surface area contributed by atoms with Gasteiger partial charge < -0.3 is 19.3 Å². The van der Waals surface area contributed by atoms with Crippen LogP contribution in [0.4, 0.5) is 0 Å². The molecule has 1 N–H and O–H groups in total. The molecule has 0 spiro atoms. The van der Waals surface area contributed by atoms with Gasteiger partial charge in [0.1, 0.15) is 12.0 Å². The van der Waals surface area contributed by atoms with Crippen molar-refractivity contribution in [2.45, 2.75) is 53.4 Å². The van der Waals surface area contributed by atoms with Gasteiger partial charge in [-0.1, -0.05) is 34.3 Å². The van der Waals surface area contributed by atoms with Crippen LogP contribution in [0.25, 0.3) is 0 Å². The molecule has 0 saturated heterocycles.